The second-order valence-corrected chi connectivity index (χ2v) is 10.4. The molecule has 1 aliphatic rings. The molecule has 146 valence electrons. The van der Waals surface area contributed by atoms with Gasteiger partial charge in [0.05, 0.1) is 21.0 Å². The molecule has 0 aliphatic carbocycles. The van der Waals surface area contributed by atoms with Crippen molar-refractivity contribution in [3.63, 3.8) is 0 Å². The summed E-state index contributed by atoms with van der Waals surface area (Å²) in [6, 6.07) is 4.70. The zero-order chi connectivity index (χ0) is 19.8. The van der Waals surface area contributed by atoms with E-state index in [1.54, 1.807) is 17.0 Å². The minimum atomic E-state index is -3.30. The maximum Gasteiger partial charge on any atom is 0.231 e. The van der Waals surface area contributed by atoms with E-state index in [9.17, 15) is 18.0 Å². The smallest absolute Gasteiger partial charge is 0.231 e. The molecule has 9 heteroatoms. The van der Waals surface area contributed by atoms with Gasteiger partial charge in [-0.25, -0.2) is 13.4 Å². The van der Waals surface area contributed by atoms with Gasteiger partial charge in [-0.05, 0) is 30.5 Å². The molecule has 1 saturated heterocycles. The zero-order valence-electron chi connectivity index (χ0n) is 15.6. The Hall–Kier alpha value is -2.00. The molecule has 1 aromatic carbocycles. The monoisotopic (exact) mass is 409 g/mol. The van der Waals surface area contributed by atoms with Crippen molar-refractivity contribution in [2.45, 2.75) is 31.6 Å². The Bertz CT molecular complexity index is 982. The molecule has 0 radical (unpaired) electrons. The fraction of sp³-hybridized carbons (Fsp3) is 0.500. The number of amides is 2. The van der Waals surface area contributed by atoms with Crippen molar-refractivity contribution < 1.29 is 18.0 Å². The Morgan fingerprint density at radius 2 is 2.15 bits per heavy atom. The second kappa shape index (κ2) is 7.55. The highest BCUT2D eigenvalue weighted by Gasteiger charge is 2.34. The van der Waals surface area contributed by atoms with E-state index in [1.165, 1.54) is 17.4 Å². The highest BCUT2D eigenvalue weighted by Crippen LogP contribution is 2.29. The van der Waals surface area contributed by atoms with Crippen LogP contribution in [0.15, 0.2) is 23.1 Å². The van der Waals surface area contributed by atoms with E-state index in [0.717, 1.165) is 12.7 Å². The number of hydrogen-bond acceptors (Lipinski definition) is 6. The van der Waals surface area contributed by atoms with Crippen LogP contribution < -0.4 is 5.32 Å². The molecule has 1 fully saturated rings. The SMILES string of the molecule is CC(C)CCN1C[C@@H](C(=O)Nc2nc3ccc(S(C)(=O)=O)cc3s2)CC1=O. The van der Waals surface area contributed by atoms with Gasteiger partial charge in [0.15, 0.2) is 15.0 Å². The van der Waals surface area contributed by atoms with Crippen molar-refractivity contribution in [3.05, 3.63) is 18.2 Å². The average Bonchev–Trinajstić information content (AvgIpc) is 3.14. The Kier molecular flexibility index (Phi) is 5.53. The molecule has 1 N–H and O–H groups in total. The van der Waals surface area contributed by atoms with E-state index in [4.69, 9.17) is 0 Å². The van der Waals surface area contributed by atoms with Crippen LogP contribution in [0, 0.1) is 11.8 Å². The third kappa shape index (κ3) is 4.65. The lowest BCUT2D eigenvalue weighted by Crippen LogP contribution is -2.29. The highest BCUT2D eigenvalue weighted by molar-refractivity contribution is 7.90. The number of sulfone groups is 1. The maximum absolute atomic E-state index is 12.5. The summed E-state index contributed by atoms with van der Waals surface area (Å²) in [7, 11) is -3.30. The van der Waals surface area contributed by atoms with Gasteiger partial charge in [0, 0.05) is 25.8 Å². The Morgan fingerprint density at radius 3 is 2.81 bits per heavy atom. The van der Waals surface area contributed by atoms with Crippen LogP contribution in [0.5, 0.6) is 0 Å². The molecule has 1 aliphatic heterocycles. The van der Waals surface area contributed by atoms with E-state index in [0.29, 0.717) is 34.4 Å². The molecule has 2 amide bonds. The van der Waals surface area contributed by atoms with Crippen molar-refractivity contribution in [1.82, 2.24) is 9.88 Å². The lowest BCUT2D eigenvalue weighted by molar-refractivity contribution is -0.128. The predicted molar refractivity (Wildman–Crippen MR) is 106 cm³/mol. The number of fused-ring (bicyclic) bond motifs is 1. The number of nitrogens with zero attached hydrogens (tertiary/aromatic N) is 2. The molecular formula is C18H23N3O4S2. The van der Waals surface area contributed by atoms with E-state index < -0.39 is 9.84 Å². The molecule has 2 aromatic rings. The number of hydrogen-bond donors (Lipinski definition) is 1. The van der Waals surface area contributed by atoms with Crippen molar-refractivity contribution in [3.8, 4) is 0 Å². The normalized spacial score (nSPS) is 17.9. The van der Waals surface area contributed by atoms with Crippen LogP contribution in [0.2, 0.25) is 0 Å². The third-order valence-corrected chi connectivity index (χ3v) is 6.62. The van der Waals surface area contributed by atoms with Crippen LogP contribution in [0.4, 0.5) is 5.13 Å². The predicted octanol–water partition coefficient (Wildman–Crippen LogP) is 2.53. The van der Waals surface area contributed by atoms with Crippen molar-refractivity contribution in [2.75, 3.05) is 24.7 Å². The van der Waals surface area contributed by atoms with Gasteiger partial charge < -0.3 is 10.2 Å². The Morgan fingerprint density at radius 1 is 1.41 bits per heavy atom. The van der Waals surface area contributed by atoms with Crippen LogP contribution in [-0.4, -0.2) is 49.5 Å². The number of thiazole rings is 1. The number of anilines is 1. The molecule has 3 rings (SSSR count). The molecule has 27 heavy (non-hydrogen) atoms. The summed E-state index contributed by atoms with van der Waals surface area (Å²) in [5.41, 5.74) is 0.628. The van der Waals surface area contributed by atoms with Crippen LogP contribution in [0.1, 0.15) is 26.7 Å². The minimum Gasteiger partial charge on any atom is -0.342 e. The summed E-state index contributed by atoms with van der Waals surface area (Å²) in [6.07, 6.45) is 2.29. The van der Waals surface area contributed by atoms with E-state index >= 15 is 0 Å². The van der Waals surface area contributed by atoms with Gasteiger partial charge in [-0.15, -0.1) is 0 Å². The Labute approximate surface area is 162 Å². The van der Waals surface area contributed by atoms with E-state index in [2.05, 4.69) is 24.1 Å². The fourth-order valence-corrected chi connectivity index (χ4v) is 4.60. The van der Waals surface area contributed by atoms with Gasteiger partial charge in [0.25, 0.3) is 0 Å². The summed E-state index contributed by atoms with van der Waals surface area (Å²) < 4.78 is 24.0. The molecule has 7 nitrogen and oxygen atoms in total. The molecule has 0 bridgehead atoms. The van der Waals surface area contributed by atoms with Gasteiger partial charge in [-0.2, -0.15) is 0 Å². The maximum atomic E-state index is 12.5. The van der Waals surface area contributed by atoms with Crippen LogP contribution in [0.25, 0.3) is 10.2 Å². The fourth-order valence-electron chi connectivity index (χ4n) is 2.97. The first-order valence-corrected chi connectivity index (χ1v) is 11.5. The lowest BCUT2D eigenvalue weighted by Gasteiger charge is -2.17. The Balaban J connectivity index is 1.68. The first-order chi connectivity index (χ1) is 12.6. The van der Waals surface area contributed by atoms with Crippen LogP contribution >= 0.6 is 11.3 Å². The average molecular weight is 410 g/mol. The summed E-state index contributed by atoms with van der Waals surface area (Å²) >= 11 is 1.22. The molecule has 1 aromatic heterocycles. The number of aromatic nitrogens is 1. The first kappa shape index (κ1) is 19.8. The minimum absolute atomic E-state index is 0.0119. The summed E-state index contributed by atoms with van der Waals surface area (Å²) in [5.74, 6) is -0.0933. The quantitative estimate of drug-likeness (QED) is 0.791. The van der Waals surface area contributed by atoms with E-state index in [-0.39, 0.29) is 29.0 Å². The first-order valence-electron chi connectivity index (χ1n) is 8.83. The lowest BCUT2D eigenvalue weighted by atomic mass is 10.1. The molecule has 0 unspecified atom stereocenters. The number of benzene rings is 1. The van der Waals surface area contributed by atoms with Crippen LogP contribution in [0.3, 0.4) is 0 Å². The standard InChI is InChI=1S/C18H23N3O4S2/c1-11(2)6-7-21-10-12(8-16(21)22)17(23)20-18-19-14-5-4-13(27(3,24)25)9-15(14)26-18/h4-5,9,11-12H,6-8,10H2,1-3H3,(H,19,20,23)/t12-/m0/s1. The molecule has 2 heterocycles. The molecule has 1 atom stereocenters. The topological polar surface area (TPSA) is 96.4 Å². The van der Waals surface area contributed by atoms with Crippen LogP contribution in [-0.2, 0) is 19.4 Å². The largest absolute Gasteiger partial charge is 0.342 e. The number of nitrogens with one attached hydrogen (secondary N) is 1. The van der Waals surface area contributed by atoms with Crippen molar-refractivity contribution in [1.29, 1.82) is 0 Å². The second-order valence-electron chi connectivity index (χ2n) is 7.33. The summed E-state index contributed by atoms with van der Waals surface area (Å²) in [6.45, 7) is 5.32. The van der Waals surface area contributed by atoms with Crippen molar-refractivity contribution in [2.24, 2.45) is 11.8 Å². The number of carbonyl (C=O) groups excluding carboxylic acids is 2. The van der Waals surface area contributed by atoms with Gasteiger partial charge in [-0.3, -0.25) is 9.59 Å². The molecule has 0 spiro atoms. The van der Waals surface area contributed by atoms with Gasteiger partial charge in [-0.1, -0.05) is 25.2 Å². The molecular weight excluding hydrogens is 386 g/mol. The zero-order valence-corrected chi connectivity index (χ0v) is 17.2. The number of carbonyl (C=O) groups is 2. The van der Waals surface area contributed by atoms with Crippen molar-refractivity contribution >= 4 is 48.3 Å². The number of rotatable bonds is 6. The van der Waals surface area contributed by atoms with Gasteiger partial charge in [0.2, 0.25) is 11.8 Å². The highest BCUT2D eigenvalue weighted by atomic mass is 32.2. The summed E-state index contributed by atoms with van der Waals surface area (Å²) in [5, 5.41) is 3.19. The number of likely N-dealkylation sites (tertiary alicyclic amines) is 1. The van der Waals surface area contributed by atoms with Gasteiger partial charge in [0.1, 0.15) is 0 Å². The third-order valence-electron chi connectivity index (χ3n) is 4.58. The van der Waals surface area contributed by atoms with E-state index in [1.807, 2.05) is 0 Å². The van der Waals surface area contributed by atoms with Gasteiger partial charge >= 0.3 is 0 Å². The summed E-state index contributed by atoms with van der Waals surface area (Å²) in [4.78, 5) is 30.9. The molecule has 0 saturated carbocycles.